The van der Waals surface area contributed by atoms with Gasteiger partial charge in [-0.2, -0.15) is 0 Å². The van der Waals surface area contributed by atoms with Gasteiger partial charge >= 0.3 is 0 Å². The molecule has 0 spiro atoms. The minimum atomic E-state index is 0.195. The van der Waals surface area contributed by atoms with Crippen LogP contribution in [0.3, 0.4) is 0 Å². The zero-order valence-electron chi connectivity index (χ0n) is 9.82. The minimum absolute atomic E-state index is 0.195. The molecule has 0 bridgehead atoms. The van der Waals surface area contributed by atoms with Crippen molar-refractivity contribution in [2.75, 3.05) is 5.33 Å². The summed E-state index contributed by atoms with van der Waals surface area (Å²) >= 11 is 3.34. The predicted octanol–water partition coefficient (Wildman–Crippen LogP) is 3.51. The number of hydrogen-bond acceptors (Lipinski definition) is 2. The molecule has 2 rings (SSSR count). The molecule has 0 saturated carbocycles. The first-order chi connectivity index (χ1) is 8.29. The van der Waals surface area contributed by atoms with E-state index in [1.165, 1.54) is 5.56 Å². The predicted molar refractivity (Wildman–Crippen MR) is 71.8 cm³/mol. The van der Waals surface area contributed by atoms with E-state index in [1.807, 2.05) is 18.2 Å². The monoisotopic (exact) mass is 296 g/mol. The lowest BCUT2D eigenvalue weighted by Crippen LogP contribution is -2.14. The first kappa shape index (κ1) is 12.6. The van der Waals surface area contributed by atoms with Crippen LogP contribution in [0, 0.1) is 0 Å². The Morgan fingerprint density at radius 2 is 2.18 bits per heavy atom. The van der Waals surface area contributed by atoms with Crippen molar-refractivity contribution >= 4 is 21.7 Å². The second-order valence-electron chi connectivity index (χ2n) is 4.42. The Labute approximate surface area is 110 Å². The van der Waals surface area contributed by atoms with Crippen molar-refractivity contribution in [2.24, 2.45) is 0 Å². The van der Waals surface area contributed by atoms with Crippen LogP contribution in [0.1, 0.15) is 31.2 Å². The lowest BCUT2D eigenvalue weighted by Gasteiger charge is -2.09. The molecule has 0 aromatic heterocycles. The van der Waals surface area contributed by atoms with Crippen LogP contribution in [-0.2, 0) is 11.2 Å². The van der Waals surface area contributed by atoms with Crippen molar-refractivity contribution in [3.8, 4) is 5.75 Å². The molecule has 1 aromatic carbocycles. The van der Waals surface area contributed by atoms with Gasteiger partial charge in [-0.3, -0.25) is 4.79 Å². The summed E-state index contributed by atoms with van der Waals surface area (Å²) < 4.78 is 5.80. The molecule has 0 saturated heterocycles. The Morgan fingerprint density at radius 1 is 1.35 bits per heavy atom. The van der Waals surface area contributed by atoms with Crippen molar-refractivity contribution in [1.29, 1.82) is 0 Å². The lowest BCUT2D eigenvalue weighted by molar-refractivity contribution is -0.119. The summed E-state index contributed by atoms with van der Waals surface area (Å²) in [6, 6.07) is 8.12. The summed E-state index contributed by atoms with van der Waals surface area (Å²) in [6.45, 7) is 0. The molecule has 1 atom stereocenters. The molecule has 2 nitrogen and oxygen atoms in total. The minimum Gasteiger partial charge on any atom is -0.490 e. The molecule has 0 amide bonds. The van der Waals surface area contributed by atoms with Gasteiger partial charge in [-0.05, 0) is 24.5 Å². The summed E-state index contributed by atoms with van der Waals surface area (Å²) in [6.07, 6.45) is 4.25. The molecule has 0 radical (unpaired) electrons. The number of alkyl halides is 1. The Bertz CT molecular complexity index is 365. The van der Waals surface area contributed by atoms with Gasteiger partial charge in [0.15, 0.2) is 0 Å². The fourth-order valence-corrected chi connectivity index (χ4v) is 2.41. The van der Waals surface area contributed by atoms with E-state index in [9.17, 15) is 4.79 Å². The van der Waals surface area contributed by atoms with E-state index in [4.69, 9.17) is 4.74 Å². The van der Waals surface area contributed by atoms with E-state index in [0.29, 0.717) is 18.6 Å². The largest absolute Gasteiger partial charge is 0.490 e. The third-order valence-corrected chi connectivity index (χ3v) is 3.61. The molecular formula is C14H17BrO2. The molecule has 1 aliphatic rings. The summed E-state index contributed by atoms with van der Waals surface area (Å²) in [7, 11) is 0. The topological polar surface area (TPSA) is 26.3 Å². The van der Waals surface area contributed by atoms with E-state index in [-0.39, 0.29) is 6.10 Å². The van der Waals surface area contributed by atoms with Gasteiger partial charge < -0.3 is 4.74 Å². The fourth-order valence-electron chi connectivity index (χ4n) is 2.13. The average molecular weight is 297 g/mol. The molecule has 1 unspecified atom stereocenters. The first-order valence-corrected chi connectivity index (χ1v) is 7.24. The van der Waals surface area contributed by atoms with Crippen molar-refractivity contribution in [3.05, 3.63) is 29.8 Å². The number of benzene rings is 1. The van der Waals surface area contributed by atoms with Crippen LogP contribution < -0.4 is 4.74 Å². The van der Waals surface area contributed by atoms with E-state index in [1.54, 1.807) is 0 Å². The van der Waals surface area contributed by atoms with Crippen LogP contribution in [0.15, 0.2) is 24.3 Å². The van der Waals surface area contributed by atoms with Gasteiger partial charge in [0.1, 0.15) is 17.6 Å². The normalized spacial score (nSPS) is 17.6. The smallest absolute Gasteiger partial charge is 0.133 e. The number of ketones is 1. The number of Topliss-reactive ketones (excluding diaryl/α,β-unsaturated/α-hetero) is 1. The molecule has 1 aromatic rings. The van der Waals surface area contributed by atoms with Crippen LogP contribution in [-0.4, -0.2) is 17.2 Å². The summed E-state index contributed by atoms with van der Waals surface area (Å²) in [5.41, 5.74) is 1.27. The maximum Gasteiger partial charge on any atom is 0.133 e. The maximum atomic E-state index is 11.6. The first-order valence-electron chi connectivity index (χ1n) is 6.12. The van der Waals surface area contributed by atoms with Gasteiger partial charge in [0, 0.05) is 24.6 Å². The van der Waals surface area contributed by atoms with Crippen LogP contribution in [0.4, 0.5) is 0 Å². The van der Waals surface area contributed by atoms with Crippen LogP contribution >= 0.6 is 15.9 Å². The standard InChI is InChI=1S/C14H17BrO2/c15-9-3-5-12(16)7-8-13-10-11-4-1-2-6-14(11)17-13/h1-2,4,6,13H,3,5,7-10H2. The van der Waals surface area contributed by atoms with Gasteiger partial charge in [0.25, 0.3) is 0 Å². The van der Waals surface area contributed by atoms with Crippen LogP contribution in [0.25, 0.3) is 0 Å². The number of fused-ring (bicyclic) bond motifs is 1. The summed E-state index contributed by atoms with van der Waals surface area (Å²) in [5.74, 6) is 1.34. The van der Waals surface area contributed by atoms with E-state index < -0.39 is 0 Å². The molecular weight excluding hydrogens is 280 g/mol. The quantitative estimate of drug-likeness (QED) is 0.751. The van der Waals surface area contributed by atoms with Crippen molar-refractivity contribution in [1.82, 2.24) is 0 Å². The molecule has 92 valence electrons. The third-order valence-electron chi connectivity index (χ3n) is 3.05. The molecule has 3 heteroatoms. The van der Waals surface area contributed by atoms with Gasteiger partial charge in [0.05, 0.1) is 0 Å². The van der Waals surface area contributed by atoms with Crippen molar-refractivity contribution in [3.63, 3.8) is 0 Å². The molecule has 0 fully saturated rings. The third kappa shape index (κ3) is 3.56. The Hall–Kier alpha value is -0.830. The fraction of sp³-hybridized carbons (Fsp3) is 0.500. The SMILES string of the molecule is O=C(CCCBr)CCC1Cc2ccccc2O1. The average Bonchev–Trinajstić information content (AvgIpc) is 2.76. The number of para-hydroxylation sites is 1. The van der Waals surface area contributed by atoms with Gasteiger partial charge in [0.2, 0.25) is 0 Å². The highest BCUT2D eigenvalue weighted by molar-refractivity contribution is 9.09. The summed E-state index contributed by atoms with van der Waals surface area (Å²) in [5, 5.41) is 0.907. The number of rotatable bonds is 6. The lowest BCUT2D eigenvalue weighted by atomic mass is 10.0. The Morgan fingerprint density at radius 3 is 2.94 bits per heavy atom. The zero-order chi connectivity index (χ0) is 12.1. The van der Waals surface area contributed by atoms with Crippen molar-refractivity contribution in [2.45, 2.75) is 38.2 Å². The maximum absolute atomic E-state index is 11.6. The van der Waals surface area contributed by atoms with Crippen LogP contribution in [0.5, 0.6) is 5.75 Å². The highest BCUT2D eigenvalue weighted by Gasteiger charge is 2.22. The molecule has 1 heterocycles. The number of carbonyl (C=O) groups is 1. The number of carbonyl (C=O) groups excluding carboxylic acids is 1. The van der Waals surface area contributed by atoms with Crippen molar-refractivity contribution < 1.29 is 9.53 Å². The second kappa shape index (κ2) is 6.20. The van der Waals surface area contributed by atoms with E-state index in [0.717, 1.165) is 30.3 Å². The highest BCUT2D eigenvalue weighted by atomic mass is 79.9. The number of hydrogen-bond donors (Lipinski definition) is 0. The van der Waals surface area contributed by atoms with E-state index in [2.05, 4.69) is 22.0 Å². The molecule has 0 N–H and O–H groups in total. The zero-order valence-corrected chi connectivity index (χ0v) is 11.4. The number of ether oxygens (including phenoxy) is 1. The highest BCUT2D eigenvalue weighted by Crippen LogP contribution is 2.29. The molecule has 0 aliphatic carbocycles. The number of halogens is 1. The molecule has 17 heavy (non-hydrogen) atoms. The van der Waals surface area contributed by atoms with Gasteiger partial charge in [-0.25, -0.2) is 0 Å². The summed E-state index contributed by atoms with van der Waals surface area (Å²) in [4.78, 5) is 11.6. The Balaban J connectivity index is 1.75. The Kier molecular flexibility index (Phi) is 4.60. The second-order valence-corrected chi connectivity index (χ2v) is 5.21. The van der Waals surface area contributed by atoms with Crippen LogP contribution in [0.2, 0.25) is 0 Å². The van der Waals surface area contributed by atoms with Gasteiger partial charge in [-0.15, -0.1) is 0 Å². The molecule has 1 aliphatic heterocycles. The van der Waals surface area contributed by atoms with E-state index >= 15 is 0 Å². The van der Waals surface area contributed by atoms with Gasteiger partial charge in [-0.1, -0.05) is 34.1 Å².